The van der Waals surface area contributed by atoms with Crippen molar-refractivity contribution in [1.82, 2.24) is 10.2 Å². The Labute approximate surface area is 85.7 Å². The highest BCUT2D eigenvalue weighted by Gasteiger charge is 1.98. The second-order valence-corrected chi connectivity index (χ2v) is 3.37. The summed E-state index contributed by atoms with van der Waals surface area (Å²) in [5, 5.41) is 3.11. The van der Waals surface area contributed by atoms with Crippen LogP contribution in [0.3, 0.4) is 0 Å². The molecular formula is C11H18N2O. The van der Waals surface area contributed by atoms with E-state index < -0.39 is 0 Å². The van der Waals surface area contributed by atoms with Crippen LogP contribution in [0.15, 0.2) is 24.3 Å². The minimum Gasteiger partial charge on any atom is -0.497 e. The molecule has 0 saturated carbocycles. The van der Waals surface area contributed by atoms with E-state index in [-0.39, 0.29) is 0 Å². The van der Waals surface area contributed by atoms with E-state index in [4.69, 9.17) is 4.74 Å². The maximum absolute atomic E-state index is 5.10. The lowest BCUT2D eigenvalue weighted by molar-refractivity contribution is 0.309. The van der Waals surface area contributed by atoms with Gasteiger partial charge in [0.1, 0.15) is 5.75 Å². The molecule has 0 aliphatic rings. The van der Waals surface area contributed by atoms with Crippen molar-refractivity contribution in [1.29, 1.82) is 0 Å². The van der Waals surface area contributed by atoms with Crippen LogP contribution in [0.5, 0.6) is 5.75 Å². The van der Waals surface area contributed by atoms with Crippen LogP contribution in [-0.2, 0) is 6.54 Å². The van der Waals surface area contributed by atoms with Crippen LogP contribution in [0.1, 0.15) is 5.56 Å². The molecule has 78 valence electrons. The average Bonchev–Trinajstić information content (AvgIpc) is 2.19. The molecule has 1 rings (SSSR count). The lowest BCUT2D eigenvalue weighted by Gasteiger charge is -2.15. The lowest BCUT2D eigenvalue weighted by Crippen LogP contribution is -2.27. The van der Waals surface area contributed by atoms with Gasteiger partial charge in [-0.1, -0.05) is 12.1 Å². The van der Waals surface area contributed by atoms with Gasteiger partial charge in [0, 0.05) is 13.2 Å². The summed E-state index contributed by atoms with van der Waals surface area (Å²) in [5.74, 6) is 0.907. The van der Waals surface area contributed by atoms with Gasteiger partial charge in [-0.15, -0.1) is 0 Å². The van der Waals surface area contributed by atoms with E-state index >= 15 is 0 Å². The largest absolute Gasteiger partial charge is 0.497 e. The van der Waals surface area contributed by atoms with Crippen molar-refractivity contribution in [3.8, 4) is 5.75 Å². The molecule has 0 spiro atoms. The third-order valence-electron chi connectivity index (χ3n) is 2.04. The number of methoxy groups -OCH3 is 1. The van der Waals surface area contributed by atoms with Crippen LogP contribution < -0.4 is 10.1 Å². The maximum Gasteiger partial charge on any atom is 0.118 e. The first-order chi connectivity index (χ1) is 6.76. The SMILES string of the molecule is CNCN(C)Cc1ccc(OC)cc1. The third-order valence-corrected chi connectivity index (χ3v) is 2.04. The van der Waals surface area contributed by atoms with Gasteiger partial charge in [-0.3, -0.25) is 4.90 Å². The molecule has 1 aromatic carbocycles. The first-order valence-electron chi connectivity index (χ1n) is 4.72. The molecule has 0 radical (unpaired) electrons. The molecule has 3 heteroatoms. The van der Waals surface area contributed by atoms with Crippen LogP contribution in [0, 0.1) is 0 Å². The Morgan fingerprint density at radius 3 is 2.43 bits per heavy atom. The summed E-state index contributed by atoms with van der Waals surface area (Å²) in [6.07, 6.45) is 0. The van der Waals surface area contributed by atoms with Gasteiger partial charge in [-0.2, -0.15) is 0 Å². The minimum atomic E-state index is 0.895. The van der Waals surface area contributed by atoms with E-state index in [0.29, 0.717) is 0 Å². The monoisotopic (exact) mass is 194 g/mol. The van der Waals surface area contributed by atoms with Crippen LogP contribution >= 0.6 is 0 Å². The standard InChI is InChI=1S/C11H18N2O/c1-12-9-13(2)8-10-4-6-11(14-3)7-5-10/h4-7,12H,8-9H2,1-3H3. The Morgan fingerprint density at radius 2 is 1.93 bits per heavy atom. The highest BCUT2D eigenvalue weighted by molar-refractivity contribution is 5.26. The van der Waals surface area contributed by atoms with Crippen LogP contribution in [-0.4, -0.2) is 32.8 Å². The topological polar surface area (TPSA) is 24.5 Å². The smallest absolute Gasteiger partial charge is 0.118 e. The lowest BCUT2D eigenvalue weighted by atomic mass is 10.2. The zero-order valence-corrected chi connectivity index (χ0v) is 9.08. The summed E-state index contributed by atoms with van der Waals surface area (Å²) >= 11 is 0. The Morgan fingerprint density at radius 1 is 1.29 bits per heavy atom. The minimum absolute atomic E-state index is 0.895. The number of nitrogens with zero attached hydrogens (tertiary/aromatic N) is 1. The molecule has 0 atom stereocenters. The molecule has 1 N–H and O–H groups in total. The molecule has 0 amide bonds. The molecule has 0 aromatic heterocycles. The van der Waals surface area contributed by atoms with Crippen molar-refractivity contribution in [2.24, 2.45) is 0 Å². The van der Waals surface area contributed by atoms with E-state index in [9.17, 15) is 0 Å². The Kier molecular flexibility index (Phi) is 4.43. The summed E-state index contributed by atoms with van der Waals surface area (Å²) in [6.45, 7) is 1.84. The normalized spacial score (nSPS) is 10.6. The molecule has 0 saturated heterocycles. The van der Waals surface area contributed by atoms with Gasteiger partial charge in [-0.25, -0.2) is 0 Å². The van der Waals surface area contributed by atoms with Crippen molar-refractivity contribution in [3.05, 3.63) is 29.8 Å². The summed E-state index contributed by atoms with van der Waals surface area (Å²) in [7, 11) is 5.72. The van der Waals surface area contributed by atoms with E-state index in [1.54, 1.807) is 7.11 Å². The summed E-state index contributed by atoms with van der Waals surface area (Å²) < 4.78 is 5.10. The number of ether oxygens (including phenoxy) is 1. The summed E-state index contributed by atoms with van der Waals surface area (Å²) in [5.41, 5.74) is 1.29. The van der Waals surface area contributed by atoms with Crippen molar-refractivity contribution in [3.63, 3.8) is 0 Å². The molecule has 1 aromatic rings. The average molecular weight is 194 g/mol. The van der Waals surface area contributed by atoms with Gasteiger partial charge in [0.05, 0.1) is 7.11 Å². The van der Waals surface area contributed by atoms with E-state index in [0.717, 1.165) is 19.0 Å². The first-order valence-corrected chi connectivity index (χ1v) is 4.72. The second-order valence-electron chi connectivity index (χ2n) is 3.37. The van der Waals surface area contributed by atoms with Crippen LogP contribution in [0.2, 0.25) is 0 Å². The van der Waals surface area contributed by atoms with E-state index in [1.807, 2.05) is 19.2 Å². The molecule has 0 aliphatic heterocycles. The molecule has 14 heavy (non-hydrogen) atoms. The van der Waals surface area contributed by atoms with Gasteiger partial charge in [-0.05, 0) is 31.8 Å². The fraction of sp³-hybridized carbons (Fsp3) is 0.455. The molecule has 0 fully saturated rings. The van der Waals surface area contributed by atoms with Crippen molar-refractivity contribution >= 4 is 0 Å². The van der Waals surface area contributed by atoms with Crippen LogP contribution in [0.4, 0.5) is 0 Å². The number of nitrogens with one attached hydrogen (secondary N) is 1. The zero-order chi connectivity index (χ0) is 10.4. The van der Waals surface area contributed by atoms with Crippen molar-refractivity contribution in [2.45, 2.75) is 6.54 Å². The maximum atomic E-state index is 5.10. The van der Waals surface area contributed by atoms with Crippen LogP contribution in [0.25, 0.3) is 0 Å². The zero-order valence-electron chi connectivity index (χ0n) is 9.08. The van der Waals surface area contributed by atoms with Gasteiger partial charge in [0.25, 0.3) is 0 Å². The fourth-order valence-corrected chi connectivity index (χ4v) is 1.37. The highest BCUT2D eigenvalue weighted by Crippen LogP contribution is 2.12. The number of benzene rings is 1. The first kappa shape index (κ1) is 11.0. The van der Waals surface area contributed by atoms with E-state index in [2.05, 4.69) is 29.4 Å². The molecular weight excluding hydrogens is 176 g/mol. The molecule has 0 unspecified atom stereocenters. The fourth-order valence-electron chi connectivity index (χ4n) is 1.37. The molecule has 3 nitrogen and oxygen atoms in total. The molecule has 0 aliphatic carbocycles. The highest BCUT2D eigenvalue weighted by atomic mass is 16.5. The predicted octanol–water partition coefficient (Wildman–Crippen LogP) is 1.30. The Bertz CT molecular complexity index is 258. The Hall–Kier alpha value is -1.06. The molecule has 0 bridgehead atoms. The summed E-state index contributed by atoms with van der Waals surface area (Å²) in [4.78, 5) is 2.21. The van der Waals surface area contributed by atoms with Gasteiger partial charge in [0.2, 0.25) is 0 Å². The second kappa shape index (κ2) is 5.62. The molecule has 0 heterocycles. The predicted molar refractivity (Wildman–Crippen MR) is 58.4 cm³/mol. The summed E-state index contributed by atoms with van der Waals surface area (Å²) in [6, 6.07) is 8.15. The van der Waals surface area contributed by atoms with E-state index in [1.165, 1.54) is 5.56 Å². The van der Waals surface area contributed by atoms with Gasteiger partial charge < -0.3 is 10.1 Å². The Balaban J connectivity index is 2.50. The number of hydrogen-bond donors (Lipinski definition) is 1. The quantitative estimate of drug-likeness (QED) is 0.715. The van der Waals surface area contributed by atoms with Gasteiger partial charge >= 0.3 is 0 Å². The van der Waals surface area contributed by atoms with Crippen molar-refractivity contribution in [2.75, 3.05) is 27.9 Å². The third kappa shape index (κ3) is 3.36. The van der Waals surface area contributed by atoms with Crippen molar-refractivity contribution < 1.29 is 4.74 Å². The van der Waals surface area contributed by atoms with Gasteiger partial charge in [0.15, 0.2) is 0 Å². The number of rotatable bonds is 5. The number of hydrogen-bond acceptors (Lipinski definition) is 3.